The predicted molar refractivity (Wildman–Crippen MR) is 98.1 cm³/mol. The van der Waals surface area contributed by atoms with E-state index in [0.717, 1.165) is 31.6 Å². The minimum atomic E-state index is -0.309. The number of aromatic nitrogens is 2. The standard InChI is InChI=1S/C19H21N5O2/c1-14-10-18(23-19(21-14)24-8-3-2-4-9-24)26-13-17(25)22-16-7-5-6-15(11-16)12-20/h5-7,10-11H,2-4,8-9,13H2,1H3,(H,22,25). The number of hydrogen-bond donors (Lipinski definition) is 1. The van der Waals surface area contributed by atoms with Crippen molar-refractivity contribution in [2.75, 3.05) is 29.9 Å². The van der Waals surface area contributed by atoms with Crippen molar-refractivity contribution in [2.24, 2.45) is 0 Å². The Morgan fingerprint density at radius 2 is 2.08 bits per heavy atom. The average Bonchev–Trinajstić information content (AvgIpc) is 2.67. The number of ether oxygens (including phenoxy) is 1. The molecule has 0 aliphatic carbocycles. The highest BCUT2D eigenvalue weighted by molar-refractivity contribution is 5.92. The molecule has 0 atom stereocenters. The van der Waals surface area contributed by atoms with Gasteiger partial charge in [0.2, 0.25) is 11.8 Å². The van der Waals surface area contributed by atoms with E-state index in [1.54, 1.807) is 30.3 Å². The van der Waals surface area contributed by atoms with Crippen LogP contribution < -0.4 is 15.0 Å². The molecule has 0 saturated carbocycles. The summed E-state index contributed by atoms with van der Waals surface area (Å²) >= 11 is 0. The first-order valence-electron chi connectivity index (χ1n) is 8.67. The van der Waals surface area contributed by atoms with E-state index in [4.69, 9.17) is 10.00 Å². The van der Waals surface area contributed by atoms with Crippen molar-refractivity contribution in [3.05, 3.63) is 41.6 Å². The van der Waals surface area contributed by atoms with E-state index in [0.29, 0.717) is 23.1 Å². The van der Waals surface area contributed by atoms with Crippen LogP contribution in [0.15, 0.2) is 30.3 Å². The molecule has 1 fully saturated rings. The van der Waals surface area contributed by atoms with Gasteiger partial charge >= 0.3 is 0 Å². The van der Waals surface area contributed by atoms with Gasteiger partial charge in [0.25, 0.3) is 5.91 Å². The van der Waals surface area contributed by atoms with Gasteiger partial charge in [-0.15, -0.1) is 0 Å². The molecule has 0 spiro atoms. The molecule has 1 aromatic carbocycles. The van der Waals surface area contributed by atoms with Gasteiger partial charge in [-0.2, -0.15) is 10.2 Å². The summed E-state index contributed by atoms with van der Waals surface area (Å²) in [6.45, 7) is 3.61. The van der Waals surface area contributed by atoms with E-state index in [2.05, 4.69) is 20.2 Å². The zero-order chi connectivity index (χ0) is 18.4. The highest BCUT2D eigenvalue weighted by atomic mass is 16.5. The van der Waals surface area contributed by atoms with Gasteiger partial charge in [0, 0.05) is 30.5 Å². The first-order chi connectivity index (χ1) is 12.6. The summed E-state index contributed by atoms with van der Waals surface area (Å²) in [5, 5.41) is 11.6. The third-order valence-corrected chi connectivity index (χ3v) is 4.08. The summed E-state index contributed by atoms with van der Waals surface area (Å²) in [7, 11) is 0. The van der Waals surface area contributed by atoms with Crippen LogP contribution in [-0.4, -0.2) is 35.6 Å². The number of nitrogens with one attached hydrogen (secondary N) is 1. The maximum Gasteiger partial charge on any atom is 0.262 e. The molecule has 0 radical (unpaired) electrons. The van der Waals surface area contributed by atoms with Gasteiger partial charge in [0.05, 0.1) is 11.6 Å². The number of amides is 1. The Kier molecular flexibility index (Phi) is 5.64. The molecule has 3 rings (SSSR count). The van der Waals surface area contributed by atoms with Crippen LogP contribution >= 0.6 is 0 Å². The molecule has 0 bridgehead atoms. The zero-order valence-electron chi connectivity index (χ0n) is 14.7. The zero-order valence-corrected chi connectivity index (χ0v) is 14.7. The van der Waals surface area contributed by atoms with Crippen LogP contribution in [0.3, 0.4) is 0 Å². The Labute approximate surface area is 152 Å². The summed E-state index contributed by atoms with van der Waals surface area (Å²) in [6, 6.07) is 10.5. The molecule has 2 heterocycles. The van der Waals surface area contributed by atoms with Gasteiger partial charge in [-0.1, -0.05) is 6.07 Å². The number of piperidine rings is 1. The smallest absolute Gasteiger partial charge is 0.262 e. The summed E-state index contributed by atoms with van der Waals surface area (Å²) in [6.07, 6.45) is 3.51. The maximum atomic E-state index is 12.1. The first-order valence-corrected chi connectivity index (χ1v) is 8.67. The van der Waals surface area contributed by atoms with Crippen molar-refractivity contribution in [2.45, 2.75) is 26.2 Å². The van der Waals surface area contributed by atoms with Crippen LogP contribution in [0.5, 0.6) is 5.88 Å². The van der Waals surface area contributed by atoms with Crippen LogP contribution in [0.1, 0.15) is 30.5 Å². The van der Waals surface area contributed by atoms with E-state index in [1.165, 1.54) is 6.42 Å². The minimum Gasteiger partial charge on any atom is -0.467 e. The first kappa shape index (κ1) is 17.7. The molecule has 1 aliphatic rings. The lowest BCUT2D eigenvalue weighted by Crippen LogP contribution is -2.31. The van der Waals surface area contributed by atoms with Gasteiger partial charge in [-0.25, -0.2) is 4.98 Å². The van der Waals surface area contributed by atoms with Crippen molar-refractivity contribution in [1.82, 2.24) is 9.97 Å². The fourth-order valence-electron chi connectivity index (χ4n) is 2.84. The van der Waals surface area contributed by atoms with E-state index in [9.17, 15) is 4.79 Å². The number of carbonyl (C=O) groups is 1. The Hall–Kier alpha value is -3.14. The number of hydrogen-bond acceptors (Lipinski definition) is 6. The Bertz CT molecular complexity index is 825. The van der Waals surface area contributed by atoms with Crippen molar-refractivity contribution in [3.63, 3.8) is 0 Å². The number of aryl methyl sites for hydroxylation is 1. The highest BCUT2D eigenvalue weighted by Crippen LogP contribution is 2.19. The molecule has 0 unspecified atom stereocenters. The summed E-state index contributed by atoms with van der Waals surface area (Å²) in [4.78, 5) is 23.1. The van der Waals surface area contributed by atoms with Crippen LogP contribution in [-0.2, 0) is 4.79 Å². The van der Waals surface area contributed by atoms with Gasteiger partial charge in [0.1, 0.15) is 0 Å². The second-order valence-corrected chi connectivity index (χ2v) is 6.22. The molecule has 1 amide bonds. The minimum absolute atomic E-state index is 0.160. The molecule has 1 saturated heterocycles. The molecule has 1 aromatic heterocycles. The van der Waals surface area contributed by atoms with E-state index >= 15 is 0 Å². The third-order valence-electron chi connectivity index (χ3n) is 4.08. The normalized spacial score (nSPS) is 13.8. The quantitative estimate of drug-likeness (QED) is 0.890. The molecule has 1 aliphatic heterocycles. The molecule has 7 heteroatoms. The van der Waals surface area contributed by atoms with Crippen LogP contribution in [0.4, 0.5) is 11.6 Å². The number of carbonyl (C=O) groups excluding carboxylic acids is 1. The largest absolute Gasteiger partial charge is 0.467 e. The topological polar surface area (TPSA) is 91.1 Å². The SMILES string of the molecule is Cc1cc(OCC(=O)Nc2cccc(C#N)c2)nc(N2CCCCC2)n1. The Morgan fingerprint density at radius 3 is 2.85 bits per heavy atom. The number of anilines is 2. The lowest BCUT2D eigenvalue weighted by Gasteiger charge is -2.26. The predicted octanol–water partition coefficient (Wildman–Crippen LogP) is 2.66. The van der Waals surface area contributed by atoms with Crippen molar-refractivity contribution in [3.8, 4) is 11.9 Å². The van der Waals surface area contributed by atoms with Crippen molar-refractivity contribution >= 4 is 17.5 Å². The van der Waals surface area contributed by atoms with Gasteiger partial charge in [-0.05, 0) is 44.4 Å². The summed E-state index contributed by atoms with van der Waals surface area (Å²) < 4.78 is 5.55. The van der Waals surface area contributed by atoms with E-state index in [1.807, 2.05) is 13.0 Å². The summed E-state index contributed by atoms with van der Waals surface area (Å²) in [5.74, 6) is 0.733. The Morgan fingerprint density at radius 1 is 1.27 bits per heavy atom. The van der Waals surface area contributed by atoms with Gasteiger partial charge in [0.15, 0.2) is 6.61 Å². The average molecular weight is 351 g/mol. The van der Waals surface area contributed by atoms with Crippen molar-refractivity contribution in [1.29, 1.82) is 5.26 Å². The van der Waals surface area contributed by atoms with E-state index < -0.39 is 0 Å². The van der Waals surface area contributed by atoms with Crippen molar-refractivity contribution < 1.29 is 9.53 Å². The highest BCUT2D eigenvalue weighted by Gasteiger charge is 2.15. The van der Waals surface area contributed by atoms with Gasteiger partial charge in [-0.3, -0.25) is 4.79 Å². The maximum absolute atomic E-state index is 12.1. The van der Waals surface area contributed by atoms with Crippen LogP contribution in [0, 0.1) is 18.3 Å². The second kappa shape index (κ2) is 8.30. The van der Waals surface area contributed by atoms with Gasteiger partial charge < -0.3 is 15.0 Å². The number of benzene rings is 1. The molecule has 1 N–H and O–H groups in total. The molecular formula is C19H21N5O2. The molecule has 26 heavy (non-hydrogen) atoms. The molecule has 7 nitrogen and oxygen atoms in total. The van der Waals surface area contributed by atoms with Crippen LogP contribution in [0.2, 0.25) is 0 Å². The molecule has 134 valence electrons. The monoisotopic (exact) mass is 351 g/mol. The van der Waals surface area contributed by atoms with Crippen LogP contribution in [0.25, 0.3) is 0 Å². The fraction of sp³-hybridized carbons (Fsp3) is 0.368. The third kappa shape index (κ3) is 4.70. The number of nitriles is 1. The second-order valence-electron chi connectivity index (χ2n) is 6.22. The molecule has 2 aromatic rings. The Balaban J connectivity index is 1.60. The number of nitrogens with zero attached hydrogens (tertiary/aromatic N) is 4. The number of rotatable bonds is 5. The van der Waals surface area contributed by atoms with E-state index in [-0.39, 0.29) is 12.5 Å². The fourth-order valence-corrected chi connectivity index (χ4v) is 2.84. The summed E-state index contributed by atoms with van der Waals surface area (Å²) in [5.41, 5.74) is 1.85. The lowest BCUT2D eigenvalue weighted by molar-refractivity contribution is -0.118. The lowest BCUT2D eigenvalue weighted by atomic mass is 10.1. The molecular weight excluding hydrogens is 330 g/mol.